The topological polar surface area (TPSA) is 62.5 Å². The molecule has 6 heteroatoms. The Balaban J connectivity index is 1.69. The van der Waals surface area contributed by atoms with Gasteiger partial charge in [0.2, 0.25) is 5.91 Å². The predicted molar refractivity (Wildman–Crippen MR) is 88.4 cm³/mol. The van der Waals surface area contributed by atoms with Gasteiger partial charge in [0.25, 0.3) is 0 Å². The molecule has 1 aliphatic heterocycles. The Labute approximate surface area is 133 Å². The van der Waals surface area contributed by atoms with Gasteiger partial charge in [0.05, 0.1) is 0 Å². The van der Waals surface area contributed by atoms with Crippen molar-refractivity contribution in [3.8, 4) is 0 Å². The van der Waals surface area contributed by atoms with E-state index in [1.54, 1.807) is 6.33 Å². The molecular weight excluding hydrogens is 292 g/mol. The highest BCUT2D eigenvalue weighted by Gasteiger charge is 2.24. The third kappa shape index (κ3) is 2.30. The summed E-state index contributed by atoms with van der Waals surface area (Å²) in [6.07, 6.45) is 2.14. The van der Waals surface area contributed by atoms with E-state index in [1.165, 1.54) is 0 Å². The molecule has 2 aromatic heterocycles. The van der Waals surface area contributed by atoms with E-state index in [0.717, 1.165) is 54.1 Å². The number of piperazine rings is 1. The van der Waals surface area contributed by atoms with Crippen LogP contribution in [-0.4, -0.2) is 47.0 Å². The van der Waals surface area contributed by atoms with Crippen molar-refractivity contribution in [3.05, 3.63) is 30.6 Å². The van der Waals surface area contributed by atoms with Gasteiger partial charge in [0, 0.05) is 38.0 Å². The average Bonchev–Trinajstić information content (AvgIpc) is 3.00. The van der Waals surface area contributed by atoms with Gasteiger partial charge in [-0.3, -0.25) is 4.79 Å². The molecule has 1 saturated heterocycles. The Morgan fingerprint density at radius 1 is 1.17 bits per heavy atom. The van der Waals surface area contributed by atoms with Gasteiger partial charge in [-0.25, -0.2) is 9.97 Å². The van der Waals surface area contributed by atoms with Crippen LogP contribution in [0.25, 0.3) is 22.1 Å². The van der Waals surface area contributed by atoms with Gasteiger partial charge in [-0.05, 0) is 12.1 Å². The van der Waals surface area contributed by atoms with E-state index in [9.17, 15) is 4.79 Å². The van der Waals surface area contributed by atoms with Crippen LogP contribution in [-0.2, 0) is 4.79 Å². The largest absolute Gasteiger partial charge is 0.450 e. The number of hydrogen-bond acceptors (Lipinski definition) is 5. The molecule has 1 aromatic carbocycles. The molecule has 0 radical (unpaired) electrons. The Hall–Kier alpha value is -2.63. The third-order valence-electron chi connectivity index (χ3n) is 4.37. The van der Waals surface area contributed by atoms with E-state index in [1.807, 2.05) is 36.1 Å². The molecule has 3 aromatic rings. The number of aromatic nitrogens is 2. The van der Waals surface area contributed by atoms with Crippen LogP contribution in [0.4, 0.5) is 5.82 Å². The van der Waals surface area contributed by atoms with Gasteiger partial charge in [-0.1, -0.05) is 19.1 Å². The summed E-state index contributed by atoms with van der Waals surface area (Å²) in [5, 5.41) is 1.01. The van der Waals surface area contributed by atoms with E-state index in [4.69, 9.17) is 4.42 Å². The highest BCUT2D eigenvalue weighted by molar-refractivity contribution is 6.05. The van der Waals surface area contributed by atoms with Crippen molar-refractivity contribution < 1.29 is 9.21 Å². The van der Waals surface area contributed by atoms with Crippen LogP contribution in [0.2, 0.25) is 0 Å². The maximum atomic E-state index is 11.8. The zero-order chi connectivity index (χ0) is 15.8. The van der Waals surface area contributed by atoms with Crippen molar-refractivity contribution in [2.75, 3.05) is 31.1 Å². The summed E-state index contributed by atoms with van der Waals surface area (Å²) >= 11 is 0. The summed E-state index contributed by atoms with van der Waals surface area (Å²) in [7, 11) is 0. The van der Waals surface area contributed by atoms with Crippen molar-refractivity contribution in [1.29, 1.82) is 0 Å². The molecule has 118 valence electrons. The fourth-order valence-electron chi connectivity index (χ4n) is 3.13. The number of amides is 1. The van der Waals surface area contributed by atoms with E-state index in [2.05, 4.69) is 14.9 Å². The van der Waals surface area contributed by atoms with Gasteiger partial charge in [0.1, 0.15) is 17.4 Å². The molecule has 23 heavy (non-hydrogen) atoms. The number of furan rings is 1. The molecular formula is C17H18N4O2. The number of para-hydroxylation sites is 1. The fraction of sp³-hybridized carbons (Fsp3) is 0.353. The molecule has 0 saturated carbocycles. The first kappa shape index (κ1) is 14.0. The van der Waals surface area contributed by atoms with E-state index in [-0.39, 0.29) is 5.91 Å². The molecule has 4 rings (SSSR count). The van der Waals surface area contributed by atoms with Crippen molar-refractivity contribution in [2.24, 2.45) is 0 Å². The summed E-state index contributed by atoms with van der Waals surface area (Å²) in [6, 6.07) is 7.88. The first-order chi connectivity index (χ1) is 11.3. The molecule has 0 atom stereocenters. The highest BCUT2D eigenvalue weighted by Crippen LogP contribution is 2.32. The first-order valence-electron chi connectivity index (χ1n) is 7.93. The lowest BCUT2D eigenvalue weighted by molar-refractivity contribution is -0.131. The summed E-state index contributed by atoms with van der Waals surface area (Å²) in [5.74, 6) is 1.02. The molecule has 3 heterocycles. The summed E-state index contributed by atoms with van der Waals surface area (Å²) in [5.41, 5.74) is 2.39. The lowest BCUT2D eigenvalue weighted by Crippen LogP contribution is -2.48. The first-order valence-corrected chi connectivity index (χ1v) is 7.93. The summed E-state index contributed by atoms with van der Waals surface area (Å²) < 4.78 is 5.99. The predicted octanol–water partition coefficient (Wildman–Crippen LogP) is 2.43. The SMILES string of the molecule is CCC(=O)N1CCN(c2ncnc3c2oc2ccccc23)CC1. The number of carbonyl (C=O) groups excluding carboxylic acids is 1. The van der Waals surface area contributed by atoms with Crippen LogP contribution in [0.1, 0.15) is 13.3 Å². The van der Waals surface area contributed by atoms with Gasteiger partial charge in [-0.2, -0.15) is 0 Å². The molecule has 0 spiro atoms. The second kappa shape index (κ2) is 5.53. The molecule has 1 fully saturated rings. The highest BCUT2D eigenvalue weighted by atomic mass is 16.3. The number of nitrogens with zero attached hydrogens (tertiary/aromatic N) is 4. The van der Waals surface area contributed by atoms with Crippen molar-refractivity contribution in [3.63, 3.8) is 0 Å². The van der Waals surface area contributed by atoms with Crippen molar-refractivity contribution in [1.82, 2.24) is 14.9 Å². The fourth-order valence-corrected chi connectivity index (χ4v) is 3.13. The van der Waals surface area contributed by atoms with E-state index >= 15 is 0 Å². The Kier molecular flexibility index (Phi) is 3.37. The zero-order valence-electron chi connectivity index (χ0n) is 13.0. The maximum absolute atomic E-state index is 11.8. The summed E-state index contributed by atoms with van der Waals surface area (Å²) in [6.45, 7) is 4.86. The maximum Gasteiger partial charge on any atom is 0.222 e. The van der Waals surface area contributed by atoms with Crippen LogP contribution in [0, 0.1) is 0 Å². The number of carbonyl (C=O) groups is 1. The minimum Gasteiger partial charge on any atom is -0.450 e. The molecule has 6 nitrogen and oxygen atoms in total. The second-order valence-electron chi connectivity index (χ2n) is 5.69. The molecule has 1 amide bonds. The number of hydrogen-bond donors (Lipinski definition) is 0. The Bertz CT molecular complexity index is 865. The smallest absolute Gasteiger partial charge is 0.222 e. The van der Waals surface area contributed by atoms with Crippen LogP contribution >= 0.6 is 0 Å². The molecule has 0 bridgehead atoms. The number of anilines is 1. The second-order valence-corrected chi connectivity index (χ2v) is 5.69. The minimum absolute atomic E-state index is 0.209. The lowest BCUT2D eigenvalue weighted by atomic mass is 10.2. The molecule has 0 N–H and O–H groups in total. The monoisotopic (exact) mass is 310 g/mol. The quantitative estimate of drug-likeness (QED) is 0.727. The van der Waals surface area contributed by atoms with Crippen LogP contribution in [0.15, 0.2) is 35.0 Å². The Morgan fingerprint density at radius 2 is 1.96 bits per heavy atom. The number of fused-ring (bicyclic) bond motifs is 3. The van der Waals surface area contributed by atoms with Crippen LogP contribution < -0.4 is 4.90 Å². The van der Waals surface area contributed by atoms with Gasteiger partial charge < -0.3 is 14.2 Å². The average molecular weight is 310 g/mol. The standard InChI is InChI=1S/C17H18N4O2/c1-2-14(22)20-7-9-21(10-8-20)17-16-15(18-11-19-17)12-5-3-4-6-13(12)23-16/h3-6,11H,2,7-10H2,1H3. The van der Waals surface area contributed by atoms with E-state index in [0.29, 0.717) is 6.42 Å². The molecule has 0 aliphatic carbocycles. The Morgan fingerprint density at radius 3 is 2.74 bits per heavy atom. The minimum atomic E-state index is 0.209. The number of rotatable bonds is 2. The summed E-state index contributed by atoms with van der Waals surface area (Å²) in [4.78, 5) is 24.7. The van der Waals surface area contributed by atoms with E-state index < -0.39 is 0 Å². The van der Waals surface area contributed by atoms with Crippen LogP contribution in [0.3, 0.4) is 0 Å². The molecule has 1 aliphatic rings. The van der Waals surface area contributed by atoms with Crippen molar-refractivity contribution >= 4 is 33.8 Å². The van der Waals surface area contributed by atoms with Crippen LogP contribution in [0.5, 0.6) is 0 Å². The molecule has 0 unspecified atom stereocenters. The van der Waals surface area contributed by atoms with Gasteiger partial charge >= 0.3 is 0 Å². The van der Waals surface area contributed by atoms with Gasteiger partial charge in [0.15, 0.2) is 11.4 Å². The normalized spacial score (nSPS) is 15.5. The number of benzene rings is 1. The lowest BCUT2D eigenvalue weighted by Gasteiger charge is -2.35. The third-order valence-corrected chi connectivity index (χ3v) is 4.37. The zero-order valence-corrected chi connectivity index (χ0v) is 13.0. The van der Waals surface area contributed by atoms with Crippen molar-refractivity contribution in [2.45, 2.75) is 13.3 Å². The van der Waals surface area contributed by atoms with Gasteiger partial charge in [-0.15, -0.1) is 0 Å².